The summed E-state index contributed by atoms with van der Waals surface area (Å²) in [6, 6.07) is 8.97. The van der Waals surface area contributed by atoms with Gasteiger partial charge in [0.15, 0.2) is 0 Å². The standard InChI is InChI=1S/C15H14N4O4/c16-14(20)11-3-6-13(18-9-11)15(21)17-8-7-10-1-4-12(5-2-10)19(22)23/h1-6,9H,7-8H2,(H2,16,20)(H,17,21). The summed E-state index contributed by atoms with van der Waals surface area (Å²) in [5.74, 6) is -0.981. The number of carbonyl (C=O) groups is 2. The lowest BCUT2D eigenvalue weighted by Crippen LogP contribution is -2.26. The number of amides is 2. The second kappa shape index (κ2) is 7.12. The largest absolute Gasteiger partial charge is 0.366 e. The number of benzene rings is 1. The first-order valence-electron chi connectivity index (χ1n) is 6.75. The molecular weight excluding hydrogens is 300 g/mol. The van der Waals surface area contributed by atoms with Gasteiger partial charge in [-0.25, -0.2) is 0 Å². The van der Waals surface area contributed by atoms with E-state index in [4.69, 9.17) is 5.73 Å². The molecule has 2 rings (SSSR count). The fourth-order valence-corrected chi connectivity index (χ4v) is 1.87. The molecule has 8 heteroatoms. The van der Waals surface area contributed by atoms with E-state index in [0.717, 1.165) is 5.56 Å². The van der Waals surface area contributed by atoms with Gasteiger partial charge in [0.05, 0.1) is 10.5 Å². The molecule has 1 aromatic carbocycles. The number of non-ortho nitro benzene ring substituents is 1. The van der Waals surface area contributed by atoms with Gasteiger partial charge >= 0.3 is 0 Å². The van der Waals surface area contributed by atoms with E-state index in [0.29, 0.717) is 13.0 Å². The lowest BCUT2D eigenvalue weighted by atomic mass is 10.1. The molecule has 118 valence electrons. The van der Waals surface area contributed by atoms with Crippen molar-refractivity contribution in [1.29, 1.82) is 0 Å². The molecule has 0 spiro atoms. The Morgan fingerprint density at radius 1 is 1.17 bits per heavy atom. The minimum atomic E-state index is -0.609. The molecule has 0 aliphatic rings. The maximum atomic E-state index is 11.9. The molecule has 0 radical (unpaired) electrons. The van der Waals surface area contributed by atoms with E-state index in [1.165, 1.54) is 30.5 Å². The van der Waals surface area contributed by atoms with Gasteiger partial charge in [0.1, 0.15) is 5.69 Å². The van der Waals surface area contributed by atoms with Gasteiger partial charge in [0.2, 0.25) is 5.91 Å². The highest BCUT2D eigenvalue weighted by atomic mass is 16.6. The Balaban J connectivity index is 1.86. The van der Waals surface area contributed by atoms with Crippen molar-refractivity contribution >= 4 is 17.5 Å². The molecule has 0 aliphatic carbocycles. The number of hydrogen-bond donors (Lipinski definition) is 2. The van der Waals surface area contributed by atoms with Crippen LogP contribution < -0.4 is 11.1 Å². The number of rotatable bonds is 6. The van der Waals surface area contributed by atoms with Crippen molar-refractivity contribution in [1.82, 2.24) is 10.3 Å². The zero-order chi connectivity index (χ0) is 16.8. The van der Waals surface area contributed by atoms with Gasteiger partial charge in [-0.15, -0.1) is 0 Å². The van der Waals surface area contributed by atoms with Crippen LogP contribution in [0.15, 0.2) is 42.6 Å². The number of carbonyl (C=O) groups excluding carboxylic acids is 2. The molecule has 0 saturated carbocycles. The minimum absolute atomic E-state index is 0.0246. The van der Waals surface area contributed by atoms with E-state index < -0.39 is 10.8 Å². The summed E-state index contributed by atoms with van der Waals surface area (Å²) in [7, 11) is 0. The van der Waals surface area contributed by atoms with Crippen LogP contribution in [0.25, 0.3) is 0 Å². The van der Waals surface area contributed by atoms with Crippen molar-refractivity contribution in [2.75, 3.05) is 6.54 Å². The highest BCUT2D eigenvalue weighted by Crippen LogP contribution is 2.12. The van der Waals surface area contributed by atoms with Crippen molar-refractivity contribution in [2.45, 2.75) is 6.42 Å². The average Bonchev–Trinajstić information content (AvgIpc) is 2.55. The molecule has 0 bridgehead atoms. The lowest BCUT2D eigenvalue weighted by Gasteiger charge is -2.05. The first-order valence-corrected chi connectivity index (χ1v) is 6.75. The normalized spacial score (nSPS) is 10.1. The molecule has 8 nitrogen and oxygen atoms in total. The number of nitrogens with zero attached hydrogens (tertiary/aromatic N) is 2. The molecule has 2 aromatic rings. The van der Waals surface area contributed by atoms with E-state index in [9.17, 15) is 19.7 Å². The number of nitrogens with two attached hydrogens (primary N) is 1. The summed E-state index contributed by atoms with van der Waals surface area (Å²) in [5.41, 5.74) is 6.39. The topological polar surface area (TPSA) is 128 Å². The van der Waals surface area contributed by atoms with Crippen molar-refractivity contribution in [3.8, 4) is 0 Å². The molecule has 0 saturated heterocycles. The average molecular weight is 314 g/mol. The van der Waals surface area contributed by atoms with Crippen LogP contribution >= 0.6 is 0 Å². The second-order valence-electron chi connectivity index (χ2n) is 4.73. The summed E-state index contributed by atoms with van der Waals surface area (Å²) in [4.78, 5) is 36.8. The van der Waals surface area contributed by atoms with Crippen LogP contribution in [0.1, 0.15) is 26.4 Å². The van der Waals surface area contributed by atoms with Crippen LogP contribution in [0.3, 0.4) is 0 Å². The minimum Gasteiger partial charge on any atom is -0.366 e. The number of hydrogen-bond acceptors (Lipinski definition) is 5. The maximum Gasteiger partial charge on any atom is 0.269 e. The molecular formula is C15H14N4O4. The molecule has 23 heavy (non-hydrogen) atoms. The third-order valence-electron chi connectivity index (χ3n) is 3.13. The monoisotopic (exact) mass is 314 g/mol. The second-order valence-corrected chi connectivity index (χ2v) is 4.73. The fraction of sp³-hybridized carbons (Fsp3) is 0.133. The zero-order valence-corrected chi connectivity index (χ0v) is 12.1. The van der Waals surface area contributed by atoms with Crippen molar-refractivity contribution in [3.05, 3.63) is 69.5 Å². The Labute approximate surface area is 131 Å². The Morgan fingerprint density at radius 3 is 2.39 bits per heavy atom. The van der Waals surface area contributed by atoms with Crippen molar-refractivity contribution < 1.29 is 14.5 Å². The number of aromatic nitrogens is 1. The Morgan fingerprint density at radius 2 is 1.87 bits per heavy atom. The summed E-state index contributed by atoms with van der Waals surface area (Å²) < 4.78 is 0. The van der Waals surface area contributed by atoms with Crippen LogP contribution in [-0.4, -0.2) is 28.3 Å². The zero-order valence-electron chi connectivity index (χ0n) is 12.1. The fourth-order valence-electron chi connectivity index (χ4n) is 1.87. The maximum absolute atomic E-state index is 11.9. The first-order chi connectivity index (χ1) is 11.0. The number of nitro groups is 1. The van der Waals surface area contributed by atoms with Gasteiger partial charge in [-0.3, -0.25) is 24.7 Å². The van der Waals surface area contributed by atoms with Crippen LogP contribution in [0.4, 0.5) is 5.69 Å². The lowest BCUT2D eigenvalue weighted by molar-refractivity contribution is -0.384. The number of pyridine rings is 1. The SMILES string of the molecule is NC(=O)c1ccc(C(=O)NCCc2ccc([N+](=O)[O-])cc2)nc1. The van der Waals surface area contributed by atoms with Gasteiger partial charge in [-0.05, 0) is 24.1 Å². The summed E-state index contributed by atoms with van der Waals surface area (Å²) in [6.45, 7) is 0.357. The highest BCUT2D eigenvalue weighted by molar-refractivity contribution is 5.95. The van der Waals surface area contributed by atoms with E-state index in [1.54, 1.807) is 12.1 Å². The Bertz CT molecular complexity index is 726. The first kappa shape index (κ1) is 16.1. The molecule has 0 atom stereocenters. The van der Waals surface area contributed by atoms with Crippen LogP contribution in [-0.2, 0) is 6.42 Å². The van der Waals surface area contributed by atoms with Crippen molar-refractivity contribution in [2.24, 2.45) is 5.73 Å². The van der Waals surface area contributed by atoms with Crippen LogP contribution in [0.5, 0.6) is 0 Å². The van der Waals surface area contributed by atoms with E-state index in [2.05, 4.69) is 10.3 Å². The number of nitrogens with one attached hydrogen (secondary N) is 1. The van der Waals surface area contributed by atoms with E-state index >= 15 is 0 Å². The van der Waals surface area contributed by atoms with Gasteiger partial charge in [0.25, 0.3) is 11.6 Å². The predicted octanol–water partition coefficient (Wildman–Crippen LogP) is 1.06. The van der Waals surface area contributed by atoms with E-state index in [-0.39, 0.29) is 22.9 Å². The van der Waals surface area contributed by atoms with Crippen LogP contribution in [0, 0.1) is 10.1 Å². The molecule has 0 aliphatic heterocycles. The van der Waals surface area contributed by atoms with Crippen LogP contribution in [0.2, 0.25) is 0 Å². The predicted molar refractivity (Wildman–Crippen MR) is 81.9 cm³/mol. The van der Waals surface area contributed by atoms with Gasteiger partial charge < -0.3 is 11.1 Å². The number of primary amides is 1. The molecule has 0 fully saturated rings. The molecule has 2 amide bonds. The molecule has 1 heterocycles. The van der Waals surface area contributed by atoms with Gasteiger partial charge in [-0.2, -0.15) is 0 Å². The number of nitro benzene ring substituents is 1. The van der Waals surface area contributed by atoms with Crippen molar-refractivity contribution in [3.63, 3.8) is 0 Å². The Hall–Kier alpha value is -3.29. The molecule has 0 unspecified atom stereocenters. The third-order valence-corrected chi connectivity index (χ3v) is 3.13. The molecule has 1 aromatic heterocycles. The van der Waals surface area contributed by atoms with Gasteiger partial charge in [-0.1, -0.05) is 12.1 Å². The smallest absolute Gasteiger partial charge is 0.269 e. The molecule has 3 N–H and O–H groups in total. The quantitative estimate of drug-likeness (QED) is 0.608. The van der Waals surface area contributed by atoms with Gasteiger partial charge in [0, 0.05) is 24.9 Å². The highest BCUT2D eigenvalue weighted by Gasteiger charge is 2.09. The summed E-state index contributed by atoms with van der Waals surface area (Å²) in [5, 5.41) is 13.2. The third kappa shape index (κ3) is 4.34. The summed E-state index contributed by atoms with van der Waals surface area (Å²) in [6.07, 6.45) is 1.77. The Kier molecular flexibility index (Phi) is 4.98. The van der Waals surface area contributed by atoms with E-state index in [1.807, 2.05) is 0 Å². The summed E-state index contributed by atoms with van der Waals surface area (Å²) >= 11 is 0.